The quantitative estimate of drug-likeness (QED) is 0.761. The standard InChI is InChI=1S/C15H11FN2O/c16-15-10(5-6-14-13(15)8-17-18-14)3-1-2-4-11-7-12(11)9-19/h5-6,8,11-12,19H,7,9H2,(H,17,18)/t11-,12+/m0/s1. The first-order valence-corrected chi connectivity index (χ1v) is 6.03. The Balaban J connectivity index is 1.80. The van der Waals surface area contributed by atoms with Gasteiger partial charge in [0, 0.05) is 12.5 Å². The number of hydrogen-bond donors (Lipinski definition) is 2. The normalized spacial score (nSPS) is 20.3. The van der Waals surface area contributed by atoms with Crippen LogP contribution < -0.4 is 0 Å². The molecule has 3 rings (SSSR count). The number of nitrogens with zero attached hydrogens (tertiary/aromatic N) is 1. The molecular formula is C15H11FN2O. The topological polar surface area (TPSA) is 48.9 Å². The number of halogens is 1. The van der Waals surface area contributed by atoms with Gasteiger partial charge in [0.2, 0.25) is 0 Å². The van der Waals surface area contributed by atoms with Crippen molar-refractivity contribution < 1.29 is 9.50 Å². The van der Waals surface area contributed by atoms with E-state index in [0.29, 0.717) is 22.4 Å². The van der Waals surface area contributed by atoms with Crippen molar-refractivity contribution in [2.45, 2.75) is 6.42 Å². The van der Waals surface area contributed by atoms with Gasteiger partial charge in [-0.1, -0.05) is 5.92 Å². The minimum absolute atomic E-state index is 0.179. The van der Waals surface area contributed by atoms with Gasteiger partial charge in [-0.05, 0) is 42.2 Å². The molecule has 0 spiro atoms. The molecule has 2 atom stereocenters. The van der Waals surface area contributed by atoms with Crippen LogP contribution in [0.3, 0.4) is 0 Å². The Bertz CT molecular complexity index is 742. The maximum atomic E-state index is 14.0. The van der Waals surface area contributed by atoms with Gasteiger partial charge in [0.1, 0.15) is 5.82 Å². The summed E-state index contributed by atoms with van der Waals surface area (Å²) >= 11 is 0. The van der Waals surface area contributed by atoms with Gasteiger partial charge in [-0.25, -0.2) is 4.39 Å². The van der Waals surface area contributed by atoms with Gasteiger partial charge in [0.25, 0.3) is 0 Å². The zero-order chi connectivity index (χ0) is 13.2. The predicted octanol–water partition coefficient (Wildman–Crippen LogP) is 1.69. The van der Waals surface area contributed by atoms with Crippen LogP contribution in [-0.2, 0) is 0 Å². The van der Waals surface area contributed by atoms with Crippen LogP contribution in [0.4, 0.5) is 4.39 Å². The fourth-order valence-corrected chi connectivity index (χ4v) is 1.93. The highest BCUT2D eigenvalue weighted by Crippen LogP contribution is 2.36. The molecule has 3 nitrogen and oxygen atoms in total. The maximum Gasteiger partial charge on any atom is 0.149 e. The fourth-order valence-electron chi connectivity index (χ4n) is 1.93. The number of aromatic nitrogens is 2. The van der Waals surface area contributed by atoms with E-state index in [4.69, 9.17) is 5.11 Å². The molecule has 1 aliphatic carbocycles. The van der Waals surface area contributed by atoms with Gasteiger partial charge in [-0.3, -0.25) is 5.10 Å². The molecule has 1 aromatic carbocycles. The summed E-state index contributed by atoms with van der Waals surface area (Å²) in [7, 11) is 0. The van der Waals surface area contributed by atoms with Crippen molar-refractivity contribution in [3.05, 3.63) is 29.7 Å². The highest BCUT2D eigenvalue weighted by atomic mass is 19.1. The van der Waals surface area contributed by atoms with Crippen molar-refractivity contribution in [3.8, 4) is 23.7 Å². The molecule has 1 aromatic heterocycles. The second kappa shape index (κ2) is 4.76. The van der Waals surface area contributed by atoms with Gasteiger partial charge in [0.05, 0.1) is 22.7 Å². The van der Waals surface area contributed by atoms with Crippen molar-refractivity contribution in [2.24, 2.45) is 11.8 Å². The number of fused-ring (bicyclic) bond motifs is 1. The summed E-state index contributed by atoms with van der Waals surface area (Å²) in [5, 5.41) is 15.8. The van der Waals surface area contributed by atoms with Gasteiger partial charge in [-0.15, -0.1) is 0 Å². The number of aliphatic hydroxyl groups is 1. The van der Waals surface area contributed by atoms with Crippen LogP contribution in [-0.4, -0.2) is 21.9 Å². The molecule has 0 radical (unpaired) electrons. The monoisotopic (exact) mass is 254 g/mol. The summed E-state index contributed by atoms with van der Waals surface area (Å²) in [5.41, 5.74) is 0.968. The molecule has 2 N–H and O–H groups in total. The van der Waals surface area contributed by atoms with Gasteiger partial charge < -0.3 is 5.11 Å². The smallest absolute Gasteiger partial charge is 0.149 e. The summed E-state index contributed by atoms with van der Waals surface area (Å²) in [6.07, 6.45) is 2.37. The summed E-state index contributed by atoms with van der Waals surface area (Å²) in [6, 6.07) is 3.35. The van der Waals surface area contributed by atoms with Crippen molar-refractivity contribution >= 4 is 10.9 Å². The lowest BCUT2D eigenvalue weighted by atomic mass is 10.1. The first kappa shape index (κ1) is 11.8. The van der Waals surface area contributed by atoms with E-state index in [-0.39, 0.29) is 18.3 Å². The lowest BCUT2D eigenvalue weighted by molar-refractivity contribution is 0.273. The number of nitrogens with one attached hydrogen (secondary N) is 1. The van der Waals surface area contributed by atoms with Crippen LogP contribution in [0.15, 0.2) is 18.3 Å². The summed E-state index contributed by atoms with van der Waals surface area (Å²) in [5.74, 6) is 11.2. The van der Waals surface area contributed by atoms with Crippen LogP contribution in [0.5, 0.6) is 0 Å². The Morgan fingerprint density at radius 2 is 2.32 bits per heavy atom. The van der Waals surface area contributed by atoms with Crippen LogP contribution in [0.25, 0.3) is 10.9 Å². The number of benzene rings is 1. The average Bonchev–Trinajstić information content (AvgIpc) is 3.01. The lowest BCUT2D eigenvalue weighted by Gasteiger charge is -1.94. The van der Waals surface area contributed by atoms with Crippen molar-refractivity contribution in [1.29, 1.82) is 0 Å². The van der Waals surface area contributed by atoms with E-state index >= 15 is 0 Å². The fraction of sp³-hybridized carbons (Fsp3) is 0.267. The molecular weight excluding hydrogens is 243 g/mol. The Labute approximate surface area is 109 Å². The van der Waals surface area contributed by atoms with Gasteiger partial charge >= 0.3 is 0 Å². The minimum Gasteiger partial charge on any atom is -0.396 e. The van der Waals surface area contributed by atoms with Crippen LogP contribution in [0, 0.1) is 41.3 Å². The van der Waals surface area contributed by atoms with Crippen LogP contribution >= 0.6 is 0 Å². The van der Waals surface area contributed by atoms with E-state index in [1.165, 1.54) is 6.20 Å². The molecule has 4 heteroatoms. The Morgan fingerprint density at radius 1 is 1.42 bits per heavy atom. The minimum atomic E-state index is -0.375. The summed E-state index contributed by atoms with van der Waals surface area (Å²) < 4.78 is 14.0. The highest BCUT2D eigenvalue weighted by molar-refractivity contribution is 5.80. The first-order valence-electron chi connectivity index (χ1n) is 6.03. The zero-order valence-electron chi connectivity index (χ0n) is 10.1. The zero-order valence-corrected chi connectivity index (χ0v) is 10.1. The number of aromatic amines is 1. The first-order chi connectivity index (χ1) is 9.29. The van der Waals surface area contributed by atoms with Gasteiger partial charge in [0.15, 0.2) is 0 Å². The van der Waals surface area contributed by atoms with E-state index in [1.54, 1.807) is 12.1 Å². The number of rotatable bonds is 1. The molecule has 1 aliphatic rings. The molecule has 0 unspecified atom stereocenters. The van der Waals surface area contributed by atoms with Crippen molar-refractivity contribution in [3.63, 3.8) is 0 Å². The molecule has 1 fully saturated rings. The average molecular weight is 254 g/mol. The third-order valence-electron chi connectivity index (χ3n) is 3.23. The van der Waals surface area contributed by atoms with E-state index in [9.17, 15) is 4.39 Å². The maximum absolute atomic E-state index is 14.0. The predicted molar refractivity (Wildman–Crippen MR) is 69.4 cm³/mol. The second-order valence-corrected chi connectivity index (χ2v) is 4.56. The molecule has 19 heavy (non-hydrogen) atoms. The number of H-pyrrole nitrogens is 1. The third kappa shape index (κ3) is 2.31. The van der Waals surface area contributed by atoms with Crippen molar-refractivity contribution in [2.75, 3.05) is 6.61 Å². The molecule has 0 amide bonds. The lowest BCUT2D eigenvalue weighted by Crippen LogP contribution is -1.85. The Kier molecular flexibility index (Phi) is 2.95. The van der Waals surface area contributed by atoms with E-state index < -0.39 is 0 Å². The van der Waals surface area contributed by atoms with E-state index in [0.717, 1.165) is 6.42 Å². The largest absolute Gasteiger partial charge is 0.396 e. The molecule has 0 saturated heterocycles. The molecule has 0 bridgehead atoms. The number of hydrogen-bond acceptors (Lipinski definition) is 2. The third-order valence-corrected chi connectivity index (χ3v) is 3.23. The van der Waals surface area contributed by atoms with Crippen LogP contribution in [0.1, 0.15) is 12.0 Å². The Morgan fingerprint density at radius 3 is 3.11 bits per heavy atom. The Hall–Kier alpha value is -2.30. The van der Waals surface area contributed by atoms with Crippen LogP contribution in [0.2, 0.25) is 0 Å². The summed E-state index contributed by atoms with van der Waals surface area (Å²) in [6.45, 7) is 0.179. The molecule has 1 heterocycles. The van der Waals surface area contributed by atoms with E-state index in [2.05, 4.69) is 33.9 Å². The van der Waals surface area contributed by atoms with E-state index in [1.807, 2.05) is 0 Å². The van der Waals surface area contributed by atoms with Crippen molar-refractivity contribution in [1.82, 2.24) is 10.2 Å². The molecule has 1 saturated carbocycles. The molecule has 2 aromatic rings. The second-order valence-electron chi connectivity index (χ2n) is 4.56. The highest BCUT2D eigenvalue weighted by Gasteiger charge is 2.34. The SMILES string of the molecule is OC[C@H]1C[C@@H]1C#CC#Cc1ccc2[nH]ncc2c1F. The molecule has 94 valence electrons. The number of aliphatic hydroxyl groups excluding tert-OH is 1. The molecule has 0 aliphatic heterocycles. The summed E-state index contributed by atoms with van der Waals surface area (Å²) in [4.78, 5) is 0. The van der Waals surface area contributed by atoms with Gasteiger partial charge in [-0.2, -0.15) is 5.10 Å².